The minimum absolute atomic E-state index is 0.345. The molecule has 1 aromatic carbocycles. The summed E-state index contributed by atoms with van der Waals surface area (Å²) in [6.45, 7) is 8.11. The summed E-state index contributed by atoms with van der Waals surface area (Å²) < 4.78 is 27.8. The average Bonchev–Trinajstić information content (AvgIpc) is 2.47. The quantitative estimate of drug-likeness (QED) is 0.787. The molecule has 1 aromatic rings. The summed E-state index contributed by atoms with van der Waals surface area (Å²) >= 11 is 0. The van der Waals surface area contributed by atoms with Crippen LogP contribution >= 0.6 is 0 Å². The maximum Gasteiger partial charge on any atom is 0.494 e. The molecular formula is C14H22BNO3S. The smallest absolute Gasteiger partial charge is 0.399 e. The topological polar surface area (TPSA) is 47.9 Å². The van der Waals surface area contributed by atoms with Gasteiger partial charge in [0.15, 0.2) is 0 Å². The Morgan fingerprint density at radius 1 is 1.00 bits per heavy atom. The number of benzene rings is 1. The molecule has 0 spiro atoms. The monoisotopic (exact) mass is 295 g/mol. The third-order valence-electron chi connectivity index (χ3n) is 3.74. The molecule has 0 saturated carbocycles. The maximum atomic E-state index is 11.7. The van der Waals surface area contributed by atoms with Crippen LogP contribution in [0.3, 0.4) is 0 Å². The van der Waals surface area contributed by atoms with Crippen molar-refractivity contribution in [3.8, 4) is 0 Å². The van der Waals surface area contributed by atoms with Crippen LogP contribution in [0.5, 0.6) is 0 Å². The van der Waals surface area contributed by atoms with Gasteiger partial charge < -0.3 is 9.31 Å². The van der Waals surface area contributed by atoms with E-state index in [-0.39, 0.29) is 18.3 Å². The predicted molar refractivity (Wildman–Crippen MR) is 84.2 cm³/mol. The van der Waals surface area contributed by atoms with Gasteiger partial charge in [0.25, 0.3) is 0 Å². The molecule has 0 aromatic heterocycles. The van der Waals surface area contributed by atoms with Crippen molar-refractivity contribution < 1.29 is 13.5 Å². The van der Waals surface area contributed by atoms with Gasteiger partial charge in [-0.25, -0.2) is 4.21 Å². The second kappa shape index (κ2) is 4.86. The fourth-order valence-corrected chi connectivity index (χ4v) is 2.55. The fourth-order valence-electron chi connectivity index (χ4n) is 1.93. The molecule has 20 heavy (non-hydrogen) atoms. The minimum atomic E-state index is -2.13. The molecule has 1 saturated heterocycles. The van der Waals surface area contributed by atoms with Crippen LogP contribution in [0.2, 0.25) is 0 Å². The summed E-state index contributed by atoms with van der Waals surface area (Å²) in [5.74, 6) is 0. The Hall–Kier alpha value is -0.845. The molecule has 0 radical (unpaired) electrons. The highest BCUT2D eigenvalue weighted by Crippen LogP contribution is 2.36. The van der Waals surface area contributed by atoms with Crippen molar-refractivity contribution in [1.29, 1.82) is 0 Å². The second-order valence-electron chi connectivity index (χ2n) is 6.45. The molecule has 2 rings (SSSR count). The molecular weight excluding hydrogens is 273 g/mol. The third-order valence-corrected chi connectivity index (χ3v) is 4.39. The van der Waals surface area contributed by atoms with Crippen molar-refractivity contribution in [2.75, 3.05) is 12.5 Å². The van der Waals surface area contributed by atoms with E-state index in [1.807, 2.05) is 52.0 Å². The molecule has 1 fully saturated rings. The first-order valence-electron chi connectivity index (χ1n) is 6.63. The van der Waals surface area contributed by atoms with Gasteiger partial charge in [0, 0.05) is 22.2 Å². The highest BCUT2D eigenvalue weighted by Gasteiger charge is 2.51. The Kier molecular flexibility index (Phi) is 3.78. The summed E-state index contributed by atoms with van der Waals surface area (Å²) in [5.41, 5.74) is 0.964. The molecule has 0 aliphatic carbocycles. The number of hydrogen-bond acceptors (Lipinski definition) is 4. The Balaban J connectivity index is 2.23. The van der Waals surface area contributed by atoms with Gasteiger partial charge >= 0.3 is 7.12 Å². The normalized spacial score (nSPS) is 21.0. The van der Waals surface area contributed by atoms with Gasteiger partial charge in [-0.1, -0.05) is 12.1 Å². The molecule has 0 unspecified atom stereocenters. The van der Waals surface area contributed by atoms with Crippen LogP contribution in [0, 0.1) is 0 Å². The van der Waals surface area contributed by atoms with E-state index in [4.69, 9.17) is 9.31 Å². The predicted octanol–water partition coefficient (Wildman–Crippen LogP) is 2.34. The summed E-state index contributed by atoms with van der Waals surface area (Å²) in [7, 11) is -2.51. The van der Waals surface area contributed by atoms with Crippen molar-refractivity contribution >= 4 is 28.0 Å². The van der Waals surface area contributed by atoms with Crippen LogP contribution in [-0.4, -0.2) is 35.0 Å². The Morgan fingerprint density at radius 2 is 1.45 bits per heavy atom. The van der Waals surface area contributed by atoms with E-state index in [0.29, 0.717) is 5.69 Å². The van der Waals surface area contributed by atoms with Gasteiger partial charge in [0.2, 0.25) is 0 Å². The van der Waals surface area contributed by atoms with E-state index in [9.17, 15) is 4.21 Å². The number of hydrogen-bond donors (Lipinski definition) is 0. The Labute approximate surface area is 122 Å². The lowest BCUT2D eigenvalue weighted by molar-refractivity contribution is 0.00578. The molecule has 1 aliphatic heterocycles. The van der Waals surface area contributed by atoms with Crippen LogP contribution in [0.1, 0.15) is 27.7 Å². The lowest BCUT2D eigenvalue weighted by Gasteiger charge is -2.32. The van der Waals surface area contributed by atoms with E-state index in [0.717, 1.165) is 5.46 Å². The van der Waals surface area contributed by atoms with Crippen molar-refractivity contribution in [3.05, 3.63) is 24.3 Å². The fraction of sp³-hybridized carbons (Fsp3) is 0.571. The van der Waals surface area contributed by atoms with Crippen molar-refractivity contribution in [2.45, 2.75) is 38.9 Å². The largest absolute Gasteiger partial charge is 0.494 e. The Bertz CT molecular complexity index is 592. The van der Waals surface area contributed by atoms with Gasteiger partial charge in [-0.15, -0.1) is 0 Å². The highest BCUT2D eigenvalue weighted by atomic mass is 32.2. The third kappa shape index (κ3) is 3.24. The standard InChI is InChI=1S/C14H22BNO3S/c1-13(2)14(3,4)19-15(18-13)11-7-9-12(10-8-11)16-20(5,6)17/h7-10H,1-6H3. The molecule has 1 aliphatic rings. The second-order valence-corrected chi connectivity index (χ2v) is 9.00. The lowest BCUT2D eigenvalue weighted by atomic mass is 9.79. The summed E-state index contributed by atoms with van der Waals surface area (Å²) in [4.78, 5) is 0. The molecule has 0 bridgehead atoms. The van der Waals surface area contributed by atoms with Crippen molar-refractivity contribution in [2.24, 2.45) is 4.36 Å². The number of rotatable bonds is 2. The van der Waals surface area contributed by atoms with Crippen molar-refractivity contribution in [1.82, 2.24) is 0 Å². The van der Waals surface area contributed by atoms with E-state index in [2.05, 4.69) is 4.36 Å². The molecule has 110 valence electrons. The van der Waals surface area contributed by atoms with Gasteiger partial charge in [-0.05, 0) is 45.3 Å². The molecule has 0 atom stereocenters. The molecule has 0 N–H and O–H groups in total. The zero-order chi connectivity index (χ0) is 15.2. The number of nitrogens with zero attached hydrogens (tertiary/aromatic N) is 1. The minimum Gasteiger partial charge on any atom is -0.399 e. The van der Waals surface area contributed by atoms with Crippen LogP contribution in [0.15, 0.2) is 28.6 Å². The first-order chi connectivity index (χ1) is 9.00. The summed E-state index contributed by atoms with van der Waals surface area (Å²) in [6.07, 6.45) is 3.24. The van der Waals surface area contributed by atoms with Crippen molar-refractivity contribution in [3.63, 3.8) is 0 Å². The zero-order valence-corrected chi connectivity index (χ0v) is 13.8. The summed E-state index contributed by atoms with van der Waals surface area (Å²) in [6, 6.07) is 7.50. The summed E-state index contributed by atoms with van der Waals surface area (Å²) in [5, 5.41) is 0. The first kappa shape index (κ1) is 15.5. The van der Waals surface area contributed by atoms with Gasteiger partial charge in [0.05, 0.1) is 16.9 Å². The van der Waals surface area contributed by atoms with Crippen LogP contribution in [0.25, 0.3) is 0 Å². The van der Waals surface area contributed by atoms with E-state index < -0.39 is 9.73 Å². The Morgan fingerprint density at radius 3 is 1.85 bits per heavy atom. The molecule has 0 amide bonds. The molecule has 4 nitrogen and oxygen atoms in total. The molecule has 1 heterocycles. The zero-order valence-electron chi connectivity index (χ0n) is 13.0. The van der Waals surface area contributed by atoms with Crippen LogP contribution < -0.4 is 5.46 Å². The first-order valence-corrected chi connectivity index (χ1v) is 8.96. The van der Waals surface area contributed by atoms with E-state index >= 15 is 0 Å². The van der Waals surface area contributed by atoms with Crippen LogP contribution in [-0.2, 0) is 19.0 Å². The van der Waals surface area contributed by atoms with Crippen LogP contribution in [0.4, 0.5) is 5.69 Å². The highest BCUT2D eigenvalue weighted by molar-refractivity contribution is 7.92. The van der Waals surface area contributed by atoms with Gasteiger partial charge in [-0.3, -0.25) is 0 Å². The average molecular weight is 295 g/mol. The maximum absolute atomic E-state index is 11.7. The lowest BCUT2D eigenvalue weighted by Crippen LogP contribution is -2.41. The SMILES string of the molecule is CC1(C)OB(c2ccc(N=S(C)(C)=O)cc2)OC1(C)C. The van der Waals surface area contributed by atoms with Gasteiger partial charge in [-0.2, -0.15) is 4.36 Å². The molecule has 6 heteroatoms. The van der Waals surface area contributed by atoms with E-state index in [1.165, 1.54) is 0 Å². The van der Waals surface area contributed by atoms with Gasteiger partial charge in [0.1, 0.15) is 0 Å². The van der Waals surface area contributed by atoms with E-state index in [1.54, 1.807) is 12.5 Å².